The number of hydrogen-bond acceptors (Lipinski definition) is 5. The maximum atomic E-state index is 14.6. The van der Waals surface area contributed by atoms with Crippen molar-refractivity contribution in [1.82, 2.24) is 4.90 Å². The van der Waals surface area contributed by atoms with Crippen LogP contribution in [0.4, 0.5) is 11.4 Å². The number of nitrogens with one attached hydrogen (secondary N) is 1. The Labute approximate surface area is 267 Å². The zero-order valence-electron chi connectivity index (χ0n) is 22.8. The molecule has 218 valence electrons. The number of nitrogens with zero attached hydrogens (tertiary/aromatic N) is 2. The summed E-state index contributed by atoms with van der Waals surface area (Å²) in [5.74, 6) is -0.735. The van der Waals surface area contributed by atoms with Crippen LogP contribution in [0.5, 0.6) is 0 Å². The van der Waals surface area contributed by atoms with Crippen LogP contribution < -0.4 is 9.62 Å². The Morgan fingerprint density at radius 2 is 1.63 bits per heavy atom. The molecule has 0 aromatic heterocycles. The lowest BCUT2D eigenvalue weighted by molar-refractivity contribution is 0.0639. The van der Waals surface area contributed by atoms with E-state index in [0.29, 0.717) is 39.0 Å². The van der Waals surface area contributed by atoms with Crippen molar-refractivity contribution >= 4 is 72.3 Å². The van der Waals surface area contributed by atoms with Crippen molar-refractivity contribution in [3.63, 3.8) is 0 Å². The highest BCUT2D eigenvalue weighted by Gasteiger charge is 2.57. The highest BCUT2D eigenvalue weighted by Crippen LogP contribution is 2.56. The summed E-state index contributed by atoms with van der Waals surface area (Å²) in [5, 5.41) is 4.20. The van der Waals surface area contributed by atoms with Crippen LogP contribution in [-0.2, 0) is 21.9 Å². The number of imide groups is 1. The molecule has 7 rings (SSSR count). The lowest BCUT2D eigenvalue weighted by Gasteiger charge is -2.47. The first-order valence-electron chi connectivity index (χ1n) is 13.6. The molecule has 0 spiro atoms. The van der Waals surface area contributed by atoms with Crippen molar-refractivity contribution in [2.75, 3.05) is 16.2 Å². The first kappa shape index (κ1) is 28.4. The quantitative estimate of drug-likeness (QED) is 0.223. The van der Waals surface area contributed by atoms with E-state index in [2.05, 4.69) is 21.2 Å². The molecule has 7 nitrogen and oxygen atoms in total. The Kier molecular flexibility index (Phi) is 6.66. The van der Waals surface area contributed by atoms with Crippen molar-refractivity contribution < 1.29 is 18.0 Å². The number of rotatable bonds is 5. The molecule has 2 amide bonds. The fourth-order valence-corrected chi connectivity index (χ4v) is 9.15. The van der Waals surface area contributed by atoms with Crippen molar-refractivity contribution in [1.29, 1.82) is 0 Å². The van der Waals surface area contributed by atoms with Crippen LogP contribution in [0.25, 0.3) is 0 Å². The second-order valence-corrected chi connectivity index (χ2v) is 14.7. The number of benzene rings is 4. The maximum absolute atomic E-state index is 14.6. The molecule has 0 radical (unpaired) electrons. The molecule has 1 N–H and O–H groups in total. The molecular formula is C32H24BrCl2N3O4S. The molecule has 0 aliphatic carbocycles. The van der Waals surface area contributed by atoms with Crippen molar-refractivity contribution in [3.8, 4) is 0 Å². The van der Waals surface area contributed by atoms with E-state index in [1.165, 1.54) is 9.21 Å². The fraction of sp³-hybridized carbons (Fsp3) is 0.188. The van der Waals surface area contributed by atoms with Crippen molar-refractivity contribution in [2.24, 2.45) is 0 Å². The molecule has 3 aliphatic heterocycles. The van der Waals surface area contributed by atoms with Gasteiger partial charge in [0, 0.05) is 21.5 Å². The molecule has 0 unspecified atom stereocenters. The van der Waals surface area contributed by atoms with E-state index in [4.69, 9.17) is 23.2 Å². The Morgan fingerprint density at radius 1 is 0.953 bits per heavy atom. The number of amides is 2. The Hall–Kier alpha value is -3.37. The van der Waals surface area contributed by atoms with Gasteiger partial charge >= 0.3 is 0 Å². The number of hydrogen-bond donors (Lipinski definition) is 1. The molecule has 0 fully saturated rings. The van der Waals surface area contributed by atoms with E-state index in [1.54, 1.807) is 66.7 Å². The lowest BCUT2D eigenvalue weighted by atomic mass is 9.70. The molecule has 43 heavy (non-hydrogen) atoms. The van der Waals surface area contributed by atoms with Gasteiger partial charge in [0.05, 0.1) is 32.4 Å². The van der Waals surface area contributed by atoms with E-state index in [0.717, 1.165) is 21.2 Å². The summed E-state index contributed by atoms with van der Waals surface area (Å²) in [7, 11) is -4.12. The number of anilines is 2. The first-order chi connectivity index (χ1) is 20.5. The number of fused-ring (bicyclic) bond motifs is 5. The Balaban J connectivity index is 1.40. The molecule has 3 heterocycles. The molecule has 0 saturated carbocycles. The second-order valence-electron chi connectivity index (χ2n) is 11.1. The third-order valence-electron chi connectivity index (χ3n) is 8.66. The third-order valence-corrected chi connectivity index (χ3v) is 11.5. The van der Waals surface area contributed by atoms with Gasteiger partial charge in [-0.05, 0) is 79.4 Å². The highest BCUT2D eigenvalue weighted by atomic mass is 79.9. The minimum Gasteiger partial charge on any atom is -0.362 e. The smallest absolute Gasteiger partial charge is 0.266 e. The maximum Gasteiger partial charge on any atom is 0.266 e. The van der Waals surface area contributed by atoms with Crippen LogP contribution >= 0.6 is 39.1 Å². The predicted octanol–water partition coefficient (Wildman–Crippen LogP) is 7.19. The number of aryl methyl sites for hydroxylation is 1. The van der Waals surface area contributed by atoms with Crippen molar-refractivity contribution in [2.45, 2.75) is 36.2 Å². The van der Waals surface area contributed by atoms with E-state index in [9.17, 15) is 18.0 Å². The zero-order chi connectivity index (χ0) is 30.3. The summed E-state index contributed by atoms with van der Waals surface area (Å²) in [6, 6.07) is 22.5. The lowest BCUT2D eigenvalue weighted by Crippen LogP contribution is -2.58. The zero-order valence-corrected chi connectivity index (χ0v) is 26.7. The van der Waals surface area contributed by atoms with E-state index >= 15 is 0 Å². The van der Waals surface area contributed by atoms with Crippen LogP contribution in [-0.4, -0.2) is 37.8 Å². The Morgan fingerprint density at radius 3 is 2.30 bits per heavy atom. The van der Waals surface area contributed by atoms with Gasteiger partial charge in [-0.1, -0.05) is 75.0 Å². The summed E-state index contributed by atoms with van der Waals surface area (Å²) in [6.45, 7) is 1.97. The predicted molar refractivity (Wildman–Crippen MR) is 171 cm³/mol. The number of sulfonamides is 1. The average molecular weight is 697 g/mol. The summed E-state index contributed by atoms with van der Waals surface area (Å²) < 4.78 is 31.3. The minimum absolute atomic E-state index is 0.0678. The van der Waals surface area contributed by atoms with Crippen LogP contribution in [0, 0.1) is 6.92 Å². The summed E-state index contributed by atoms with van der Waals surface area (Å²) >= 11 is 16.8. The van der Waals surface area contributed by atoms with Gasteiger partial charge in [0.15, 0.2) is 0 Å². The average Bonchev–Trinajstić information content (AvgIpc) is 3.42. The largest absolute Gasteiger partial charge is 0.362 e. The number of carbonyl (C=O) groups is 2. The van der Waals surface area contributed by atoms with Gasteiger partial charge < -0.3 is 5.32 Å². The van der Waals surface area contributed by atoms with Gasteiger partial charge in [0.1, 0.15) is 6.17 Å². The van der Waals surface area contributed by atoms with Crippen LogP contribution in [0.15, 0.2) is 88.2 Å². The van der Waals surface area contributed by atoms with Gasteiger partial charge in [-0.15, -0.1) is 0 Å². The number of carbonyl (C=O) groups excluding carboxylic acids is 2. The van der Waals surface area contributed by atoms with Gasteiger partial charge in [-0.3, -0.25) is 14.5 Å². The Bertz CT molecular complexity index is 1930. The van der Waals surface area contributed by atoms with Crippen LogP contribution in [0.2, 0.25) is 10.0 Å². The standard InChI is InChI=1S/C32H24BrCl2N3O4S/c1-18-6-10-22(11-7-18)43(41,42)38-27-14-20(33)9-8-19(27)17-32(25-15-21(34)16-26(35)28(25)36-31(32)38)12-13-37-29(39)23-4-2-3-5-24(23)30(37)40/h2-11,14-16,31,36H,12-13,17H2,1H3/t31-,32-/m1/s1. The van der Waals surface area contributed by atoms with E-state index in [-0.39, 0.29) is 29.7 Å². The second kappa shape index (κ2) is 10.1. The van der Waals surface area contributed by atoms with Crippen LogP contribution in [0.3, 0.4) is 0 Å². The molecule has 0 bridgehead atoms. The van der Waals surface area contributed by atoms with Gasteiger partial charge in [0.2, 0.25) is 0 Å². The molecule has 0 saturated heterocycles. The van der Waals surface area contributed by atoms with E-state index in [1.807, 2.05) is 19.1 Å². The van der Waals surface area contributed by atoms with Gasteiger partial charge in [-0.25, -0.2) is 12.7 Å². The molecule has 2 atom stereocenters. The topological polar surface area (TPSA) is 86.8 Å². The summed E-state index contributed by atoms with van der Waals surface area (Å²) in [4.78, 5) is 28.0. The molecule has 4 aromatic carbocycles. The summed E-state index contributed by atoms with van der Waals surface area (Å²) in [5.41, 5.74) is 3.36. The van der Waals surface area contributed by atoms with E-state index < -0.39 is 21.6 Å². The monoisotopic (exact) mass is 695 g/mol. The third kappa shape index (κ3) is 4.31. The fourth-order valence-electron chi connectivity index (χ4n) is 6.59. The molecule has 11 heteroatoms. The normalized spacial score (nSPS) is 20.4. The summed E-state index contributed by atoms with van der Waals surface area (Å²) in [6.07, 6.45) is -0.156. The minimum atomic E-state index is -4.12. The molecular weight excluding hydrogens is 673 g/mol. The van der Waals surface area contributed by atoms with Gasteiger partial charge in [-0.2, -0.15) is 0 Å². The number of halogens is 3. The van der Waals surface area contributed by atoms with Crippen LogP contribution in [0.1, 0.15) is 43.8 Å². The molecule has 4 aromatic rings. The SMILES string of the molecule is Cc1ccc(S(=O)(=O)N2c3cc(Br)ccc3C[C@]3(CCN4C(=O)c5ccccc5C4=O)c4cc(Cl)cc(Cl)c4N[C@H]23)cc1. The first-order valence-corrected chi connectivity index (χ1v) is 16.6. The van der Waals surface area contributed by atoms with Gasteiger partial charge in [0.25, 0.3) is 21.8 Å². The molecule has 3 aliphatic rings. The highest BCUT2D eigenvalue weighted by molar-refractivity contribution is 9.10. The van der Waals surface area contributed by atoms with Crippen molar-refractivity contribution in [3.05, 3.63) is 121 Å².